The first kappa shape index (κ1) is 74.8. The third-order valence-electron chi connectivity index (χ3n) is 15.5. The van der Waals surface area contributed by atoms with Gasteiger partial charge < -0.3 is 70.4 Å². The number of fused-ring (bicyclic) bond motifs is 1. The number of benzene rings is 1. The zero-order chi connectivity index (χ0) is 63.3. The fraction of sp³-hybridized carbons (Fsp3) is 0.655. The van der Waals surface area contributed by atoms with Gasteiger partial charge in [-0.15, -0.1) is 0 Å². The smallest absolute Gasteiger partial charge is 0.245 e. The number of Topliss-reactive ketones (excluding diaryl/α,β-unsaturated/α-hetero) is 3. The Balaban J connectivity index is 0.0000252. The van der Waals surface area contributed by atoms with Gasteiger partial charge in [0.1, 0.15) is 35.7 Å². The van der Waals surface area contributed by atoms with Crippen molar-refractivity contribution in [2.75, 3.05) is 13.2 Å². The number of aliphatic hydroxyl groups is 1. The van der Waals surface area contributed by atoms with E-state index < -0.39 is 201 Å². The average molecular weight is 1250 g/mol. The van der Waals surface area contributed by atoms with Crippen LogP contribution in [0.3, 0.4) is 0 Å². The molecule has 2 aliphatic heterocycles. The van der Waals surface area contributed by atoms with Crippen LogP contribution in [-0.4, -0.2) is 147 Å². The first-order chi connectivity index (χ1) is 40.2. The van der Waals surface area contributed by atoms with Crippen LogP contribution in [0.15, 0.2) is 24.3 Å². The largest absolute Gasteiger partial charge is 0.508 e. The zero-order valence-electron chi connectivity index (χ0n) is 49.4. The Hall–Kier alpha value is -7.26. The topological polar surface area (TPSA) is 473 Å². The van der Waals surface area contributed by atoms with Crippen LogP contribution < -0.4 is 55.3 Å². The van der Waals surface area contributed by atoms with E-state index in [2.05, 4.69) is 40.4 Å². The Morgan fingerprint density at radius 3 is 1.60 bits per heavy atom. The molecule has 2 saturated heterocycles. The van der Waals surface area contributed by atoms with Gasteiger partial charge in [-0.05, 0) is 61.6 Å². The van der Waals surface area contributed by atoms with Crippen molar-refractivity contribution in [1.29, 1.82) is 0 Å². The van der Waals surface area contributed by atoms with Gasteiger partial charge >= 0.3 is 0 Å². The van der Waals surface area contributed by atoms with Crippen LogP contribution >= 0.6 is 0 Å². The molecule has 11 amide bonds. The van der Waals surface area contributed by atoms with Crippen molar-refractivity contribution < 1.29 is 95.9 Å². The molecule has 2 fully saturated rings. The molecule has 0 aromatic heterocycles. The standard InChI is InChI=1S/C58H89N11O16.V/c1-3-33(2)13-10-8-6-4-5-7-9-11-14-35-23-39(72)26-36(28-49(60)76)53(80)64-40(20-21-48(59)75)58(85)69-22-12-15-45(69)57(84)66-41(24-34-16-18-38(71)19-17-34)47(74)27-37(29-50(61)77)54(81)67-43(31-52(63)79)55(82)68-44(32-70)56(83)65-42(30-51(62)78)46(73)25-35;/h16-19,33,35-37,40-45,70-71H,3-15,20-32H2,1-2H3,(H2,59,75)(H2,60,76)(H2,61,77)(H2,62,78)(H2,63,79)(H,64,80)(H,65,83)(H,66,84)(H,67,81)(H,68,82);/t33?,35?,36-,37+,40-,41+,42-,43+,44+,45-;/m0./s1. The van der Waals surface area contributed by atoms with Crippen LogP contribution in [0.4, 0.5) is 0 Å². The molecular formula is C58H89N11O16V. The number of nitrogens with one attached hydrogen (secondary N) is 5. The number of hydrogen-bond acceptors (Lipinski definition) is 16. The van der Waals surface area contributed by atoms with Crippen molar-refractivity contribution in [2.45, 2.75) is 204 Å². The summed E-state index contributed by atoms with van der Waals surface area (Å²) in [4.78, 5) is 191. The number of rotatable bonds is 26. The predicted octanol–water partition coefficient (Wildman–Crippen LogP) is -0.816. The molecule has 28 heteroatoms. The van der Waals surface area contributed by atoms with E-state index in [4.69, 9.17) is 28.7 Å². The predicted molar refractivity (Wildman–Crippen MR) is 307 cm³/mol. The zero-order valence-corrected chi connectivity index (χ0v) is 50.8. The van der Waals surface area contributed by atoms with E-state index in [1.54, 1.807) is 0 Å². The van der Waals surface area contributed by atoms with E-state index in [9.17, 15) is 77.3 Å². The summed E-state index contributed by atoms with van der Waals surface area (Å²) in [5.74, 6) is -17.5. The Kier molecular flexibility index (Phi) is 33.7. The van der Waals surface area contributed by atoms with Gasteiger partial charge in [0.2, 0.25) is 65.0 Å². The van der Waals surface area contributed by atoms with E-state index in [-0.39, 0.29) is 63.0 Å². The quantitative estimate of drug-likeness (QED) is 0.0505. The Morgan fingerprint density at radius 2 is 1.05 bits per heavy atom. The second-order valence-electron chi connectivity index (χ2n) is 22.7. The summed E-state index contributed by atoms with van der Waals surface area (Å²) in [6.07, 6.45) is 3.46. The van der Waals surface area contributed by atoms with Crippen molar-refractivity contribution in [1.82, 2.24) is 31.5 Å². The molecule has 1 radical (unpaired) electrons. The minimum Gasteiger partial charge on any atom is -0.508 e. The molecule has 0 saturated carbocycles. The number of nitrogens with two attached hydrogens (primary N) is 5. The minimum atomic E-state index is -1.94. The Morgan fingerprint density at radius 1 is 0.558 bits per heavy atom. The van der Waals surface area contributed by atoms with Crippen LogP contribution in [0.25, 0.3) is 0 Å². The number of carbonyl (C=O) groups excluding carboxylic acids is 14. The van der Waals surface area contributed by atoms with Gasteiger partial charge in [0.05, 0.1) is 43.4 Å². The van der Waals surface area contributed by atoms with Crippen LogP contribution in [0, 0.1) is 23.7 Å². The van der Waals surface area contributed by atoms with Gasteiger partial charge in [-0.3, -0.25) is 67.1 Å². The molecule has 1 aromatic rings. The molecule has 0 aliphatic carbocycles. The van der Waals surface area contributed by atoms with Crippen LogP contribution in [-0.2, 0) is 92.1 Å². The van der Waals surface area contributed by atoms with Crippen LogP contribution in [0.5, 0.6) is 5.75 Å². The number of primary amides is 5. The van der Waals surface area contributed by atoms with Crippen LogP contribution in [0.2, 0.25) is 0 Å². The SMILES string of the molecule is CCC(C)CCCCCCCCCCC1CC(=O)C[C@@H](CC(N)=O)C(=O)N[C@@H](CCC(N)=O)C(=O)N2CCC[C@H]2C(=O)N[C@H](Cc2ccc(O)cc2)C(=O)C[C@H](CC(N)=O)C(=O)N[C@H](CC(N)=O)C(=O)N[C@H](CO)C(=O)N[C@@H](CC(N)=O)C(=O)C1.[V]. The molecule has 3 rings (SSSR count). The first-order valence-corrected chi connectivity index (χ1v) is 29.4. The maximum atomic E-state index is 14.6. The molecule has 86 heavy (non-hydrogen) atoms. The summed E-state index contributed by atoms with van der Waals surface area (Å²) in [5.41, 5.74) is 27.9. The summed E-state index contributed by atoms with van der Waals surface area (Å²) in [7, 11) is 0. The third-order valence-corrected chi connectivity index (χ3v) is 15.5. The number of ketones is 3. The Bertz CT molecular complexity index is 2540. The average Bonchev–Trinajstić information content (AvgIpc) is 3.64. The molecule has 10 atom stereocenters. The van der Waals surface area contributed by atoms with Gasteiger partial charge in [-0.2, -0.15) is 0 Å². The second kappa shape index (κ2) is 38.7. The number of nitrogens with zero attached hydrogens (tertiary/aromatic N) is 1. The normalized spacial score (nSPS) is 24.1. The molecule has 0 spiro atoms. The molecule has 27 nitrogen and oxygen atoms in total. The van der Waals surface area contributed by atoms with Crippen molar-refractivity contribution in [3.63, 3.8) is 0 Å². The van der Waals surface area contributed by atoms with E-state index in [0.717, 1.165) is 49.8 Å². The van der Waals surface area contributed by atoms with Gasteiger partial charge in [0.15, 0.2) is 11.6 Å². The fourth-order valence-electron chi connectivity index (χ4n) is 10.6. The maximum absolute atomic E-state index is 14.6. The molecule has 0 bridgehead atoms. The van der Waals surface area contributed by atoms with Gasteiger partial charge in [-0.25, -0.2) is 0 Å². The van der Waals surface area contributed by atoms with E-state index in [0.29, 0.717) is 24.3 Å². The van der Waals surface area contributed by atoms with E-state index in [1.807, 2.05) is 0 Å². The van der Waals surface area contributed by atoms with Crippen molar-refractivity contribution in [3.05, 3.63) is 29.8 Å². The molecule has 477 valence electrons. The van der Waals surface area contributed by atoms with Crippen LogP contribution in [0.1, 0.15) is 167 Å². The molecule has 1 aromatic carbocycles. The molecule has 2 unspecified atom stereocenters. The number of aliphatic hydroxyl groups excluding tert-OH is 1. The van der Waals surface area contributed by atoms with Crippen molar-refractivity contribution in [2.24, 2.45) is 52.3 Å². The fourth-order valence-corrected chi connectivity index (χ4v) is 10.6. The summed E-state index contributed by atoms with van der Waals surface area (Å²) in [5, 5.41) is 32.2. The van der Waals surface area contributed by atoms with Crippen molar-refractivity contribution >= 4 is 82.3 Å². The summed E-state index contributed by atoms with van der Waals surface area (Å²) >= 11 is 0. The number of unbranched alkanes of at least 4 members (excludes halogenated alkanes) is 7. The Labute approximate surface area is 512 Å². The number of phenols is 1. The van der Waals surface area contributed by atoms with Gasteiger partial charge in [0.25, 0.3) is 0 Å². The second-order valence-corrected chi connectivity index (χ2v) is 22.7. The van der Waals surface area contributed by atoms with Crippen molar-refractivity contribution in [3.8, 4) is 5.75 Å². The summed E-state index contributed by atoms with van der Waals surface area (Å²) < 4.78 is 0. The number of phenolic OH excluding ortho intramolecular Hbond substituents is 1. The number of aromatic hydroxyl groups is 1. The molecule has 17 N–H and O–H groups in total. The van der Waals surface area contributed by atoms with Gasteiger partial charge in [-0.1, -0.05) is 90.2 Å². The third kappa shape index (κ3) is 27.4. The monoisotopic (exact) mass is 1250 g/mol. The van der Waals surface area contributed by atoms with E-state index in [1.165, 1.54) is 30.7 Å². The van der Waals surface area contributed by atoms with Gasteiger partial charge in [0, 0.05) is 70.0 Å². The molecular weight excluding hydrogens is 1160 g/mol. The minimum absolute atomic E-state index is 0. The number of hydrogen-bond donors (Lipinski definition) is 12. The molecule has 2 heterocycles. The van der Waals surface area contributed by atoms with E-state index >= 15 is 0 Å². The summed E-state index contributed by atoms with van der Waals surface area (Å²) in [6.45, 7) is 3.17. The molecule has 2 aliphatic rings. The first-order valence-electron chi connectivity index (χ1n) is 29.4. The number of amides is 11. The number of carbonyl (C=O) groups is 14. The maximum Gasteiger partial charge on any atom is 0.245 e. The summed E-state index contributed by atoms with van der Waals surface area (Å²) in [6, 6.07) is -4.56.